The van der Waals surface area contributed by atoms with Crippen molar-refractivity contribution in [2.45, 2.75) is 30.5 Å². The number of esters is 1. The SMILES string of the molecule is COC(=O)C1C[C@@H](NC2(c3ccccc3)c3ccccc3-c3ccccc32)CC1O. The molecule has 30 heavy (non-hydrogen) atoms. The van der Waals surface area contributed by atoms with Crippen LogP contribution in [0.1, 0.15) is 29.5 Å². The largest absolute Gasteiger partial charge is 0.469 e. The molecule has 0 saturated heterocycles. The number of fused-ring (bicyclic) bond motifs is 3. The zero-order valence-electron chi connectivity index (χ0n) is 16.9. The number of benzene rings is 3. The number of aliphatic hydroxyl groups excluding tert-OH is 1. The molecule has 2 unspecified atom stereocenters. The Morgan fingerprint density at radius 2 is 1.47 bits per heavy atom. The van der Waals surface area contributed by atoms with Crippen LogP contribution in [0.15, 0.2) is 78.9 Å². The van der Waals surface area contributed by atoms with Gasteiger partial charge < -0.3 is 9.84 Å². The molecule has 3 aromatic carbocycles. The van der Waals surface area contributed by atoms with E-state index in [1.54, 1.807) is 0 Å². The maximum absolute atomic E-state index is 12.1. The van der Waals surface area contributed by atoms with Gasteiger partial charge in [-0.2, -0.15) is 0 Å². The lowest BCUT2D eigenvalue weighted by molar-refractivity contribution is -0.148. The molecule has 0 radical (unpaired) electrons. The highest BCUT2D eigenvalue weighted by atomic mass is 16.5. The van der Waals surface area contributed by atoms with Crippen LogP contribution < -0.4 is 5.32 Å². The number of aliphatic hydroxyl groups is 1. The second kappa shape index (κ2) is 7.38. The van der Waals surface area contributed by atoms with Gasteiger partial charge in [0.15, 0.2) is 0 Å². The quantitative estimate of drug-likeness (QED) is 0.654. The van der Waals surface area contributed by atoms with Crippen LogP contribution in [0.4, 0.5) is 0 Å². The minimum absolute atomic E-state index is 0.0245. The van der Waals surface area contributed by atoms with Crippen molar-refractivity contribution in [2.24, 2.45) is 5.92 Å². The number of methoxy groups -OCH3 is 1. The maximum atomic E-state index is 12.1. The van der Waals surface area contributed by atoms with Gasteiger partial charge in [-0.25, -0.2) is 0 Å². The standard InChI is InChI=1S/C26H25NO3/c1-30-25(29)21-15-18(16-24(21)28)27-26(17-9-3-2-4-10-17)22-13-7-5-11-19(22)20-12-6-8-14-23(20)26/h2-14,18,21,24,27-28H,15-16H2,1H3/t18-,21?,24?/m1/s1. The van der Waals surface area contributed by atoms with E-state index in [1.165, 1.54) is 29.4 Å². The number of carbonyl (C=O) groups excluding carboxylic acids is 1. The Balaban J connectivity index is 1.66. The highest BCUT2D eigenvalue weighted by Crippen LogP contribution is 2.51. The average molecular weight is 399 g/mol. The number of rotatable bonds is 4. The fourth-order valence-electron chi connectivity index (χ4n) is 5.32. The summed E-state index contributed by atoms with van der Waals surface area (Å²) in [6, 6.07) is 27.4. The number of ether oxygens (including phenoxy) is 1. The van der Waals surface area contributed by atoms with Crippen LogP contribution >= 0.6 is 0 Å². The van der Waals surface area contributed by atoms with E-state index in [2.05, 4.69) is 78.1 Å². The van der Waals surface area contributed by atoms with Crippen LogP contribution in [0.5, 0.6) is 0 Å². The Morgan fingerprint density at radius 1 is 0.900 bits per heavy atom. The molecule has 3 aromatic rings. The molecule has 0 aromatic heterocycles. The van der Waals surface area contributed by atoms with Gasteiger partial charge in [0.1, 0.15) is 0 Å². The van der Waals surface area contributed by atoms with E-state index in [4.69, 9.17) is 4.74 Å². The van der Waals surface area contributed by atoms with E-state index in [0.29, 0.717) is 12.8 Å². The first-order valence-electron chi connectivity index (χ1n) is 10.4. The third-order valence-electron chi connectivity index (χ3n) is 6.61. The first kappa shape index (κ1) is 19.0. The lowest BCUT2D eigenvalue weighted by Gasteiger charge is -2.37. The van der Waals surface area contributed by atoms with Gasteiger partial charge in [0.25, 0.3) is 0 Å². The van der Waals surface area contributed by atoms with Crippen molar-refractivity contribution < 1.29 is 14.6 Å². The van der Waals surface area contributed by atoms with E-state index in [9.17, 15) is 9.90 Å². The molecule has 0 amide bonds. The zero-order valence-corrected chi connectivity index (χ0v) is 16.9. The monoisotopic (exact) mass is 399 g/mol. The summed E-state index contributed by atoms with van der Waals surface area (Å²) in [4.78, 5) is 12.1. The van der Waals surface area contributed by atoms with Gasteiger partial charge in [-0.15, -0.1) is 0 Å². The molecule has 2 aliphatic carbocycles. The lowest BCUT2D eigenvalue weighted by Crippen LogP contribution is -2.48. The normalized spacial score (nSPS) is 23.6. The molecule has 5 rings (SSSR count). The van der Waals surface area contributed by atoms with Crippen molar-refractivity contribution in [3.8, 4) is 11.1 Å². The molecule has 2 aliphatic rings. The Labute approximate surface area is 176 Å². The van der Waals surface area contributed by atoms with Crippen LogP contribution in [0.2, 0.25) is 0 Å². The van der Waals surface area contributed by atoms with Crippen molar-refractivity contribution in [1.29, 1.82) is 0 Å². The van der Waals surface area contributed by atoms with Crippen LogP contribution in [-0.4, -0.2) is 30.3 Å². The fourth-order valence-corrected chi connectivity index (χ4v) is 5.32. The van der Waals surface area contributed by atoms with Gasteiger partial charge in [-0.1, -0.05) is 78.9 Å². The Kier molecular flexibility index (Phi) is 4.69. The van der Waals surface area contributed by atoms with Crippen molar-refractivity contribution in [3.63, 3.8) is 0 Å². The summed E-state index contributed by atoms with van der Waals surface area (Å²) >= 11 is 0. The van der Waals surface area contributed by atoms with Crippen molar-refractivity contribution in [3.05, 3.63) is 95.6 Å². The summed E-state index contributed by atoms with van der Waals surface area (Å²) in [7, 11) is 1.38. The smallest absolute Gasteiger partial charge is 0.311 e. The predicted molar refractivity (Wildman–Crippen MR) is 116 cm³/mol. The number of carbonyl (C=O) groups is 1. The third-order valence-corrected chi connectivity index (χ3v) is 6.61. The fraction of sp³-hybridized carbons (Fsp3) is 0.269. The Hall–Kier alpha value is -2.95. The summed E-state index contributed by atoms with van der Waals surface area (Å²) < 4.78 is 4.92. The van der Waals surface area contributed by atoms with Crippen LogP contribution in [0, 0.1) is 5.92 Å². The summed E-state index contributed by atoms with van der Waals surface area (Å²) in [5.41, 5.74) is 5.45. The van der Waals surface area contributed by atoms with Gasteiger partial charge >= 0.3 is 5.97 Å². The maximum Gasteiger partial charge on any atom is 0.311 e. The number of hydrogen-bond donors (Lipinski definition) is 2. The number of nitrogens with one attached hydrogen (secondary N) is 1. The van der Waals surface area contributed by atoms with E-state index < -0.39 is 17.6 Å². The summed E-state index contributed by atoms with van der Waals surface area (Å²) in [5.74, 6) is -0.833. The highest BCUT2D eigenvalue weighted by Gasteiger charge is 2.48. The van der Waals surface area contributed by atoms with E-state index >= 15 is 0 Å². The molecule has 0 heterocycles. The number of hydrogen-bond acceptors (Lipinski definition) is 4. The minimum Gasteiger partial charge on any atom is -0.469 e. The molecule has 4 nitrogen and oxygen atoms in total. The molecule has 0 spiro atoms. The van der Waals surface area contributed by atoms with Crippen molar-refractivity contribution in [1.82, 2.24) is 5.32 Å². The van der Waals surface area contributed by atoms with Gasteiger partial charge in [0.05, 0.1) is 24.7 Å². The molecular weight excluding hydrogens is 374 g/mol. The summed E-state index contributed by atoms with van der Waals surface area (Å²) in [6.07, 6.45) is 0.362. The second-order valence-electron chi connectivity index (χ2n) is 8.22. The molecule has 4 heteroatoms. The predicted octanol–water partition coefficient (Wildman–Crippen LogP) is 3.86. The topological polar surface area (TPSA) is 58.6 Å². The van der Waals surface area contributed by atoms with Crippen molar-refractivity contribution >= 4 is 5.97 Å². The van der Waals surface area contributed by atoms with E-state index in [1.807, 2.05) is 6.07 Å². The summed E-state index contributed by atoms with van der Waals surface area (Å²) in [5, 5.41) is 14.4. The first-order chi connectivity index (χ1) is 14.6. The molecule has 3 atom stereocenters. The van der Waals surface area contributed by atoms with Gasteiger partial charge in [-0.3, -0.25) is 10.1 Å². The van der Waals surface area contributed by atoms with Gasteiger partial charge in [0.2, 0.25) is 0 Å². The average Bonchev–Trinajstić information content (AvgIpc) is 3.30. The van der Waals surface area contributed by atoms with Gasteiger partial charge in [0, 0.05) is 6.04 Å². The van der Waals surface area contributed by atoms with Crippen molar-refractivity contribution in [2.75, 3.05) is 7.11 Å². The Morgan fingerprint density at radius 3 is 2.07 bits per heavy atom. The van der Waals surface area contributed by atoms with Crippen LogP contribution in [0.25, 0.3) is 11.1 Å². The molecule has 152 valence electrons. The van der Waals surface area contributed by atoms with Crippen LogP contribution in [-0.2, 0) is 15.1 Å². The zero-order chi connectivity index (χ0) is 20.7. The molecule has 0 aliphatic heterocycles. The Bertz CT molecular complexity index is 1030. The molecule has 1 fully saturated rings. The van der Waals surface area contributed by atoms with Crippen LogP contribution in [0.3, 0.4) is 0 Å². The molecule has 0 bridgehead atoms. The van der Waals surface area contributed by atoms with E-state index in [-0.39, 0.29) is 12.0 Å². The summed E-state index contributed by atoms with van der Waals surface area (Å²) in [6.45, 7) is 0. The first-order valence-corrected chi connectivity index (χ1v) is 10.4. The third kappa shape index (κ3) is 2.79. The molecular formula is C26H25NO3. The molecule has 1 saturated carbocycles. The minimum atomic E-state index is -0.699. The lowest BCUT2D eigenvalue weighted by atomic mass is 9.80. The van der Waals surface area contributed by atoms with E-state index in [0.717, 1.165) is 5.56 Å². The molecule has 2 N–H and O–H groups in total. The van der Waals surface area contributed by atoms with Gasteiger partial charge in [-0.05, 0) is 40.7 Å². The highest BCUT2D eigenvalue weighted by molar-refractivity contribution is 5.83. The second-order valence-corrected chi connectivity index (χ2v) is 8.22.